The molecule has 2 rings (SSSR count). The number of hydrogen-bond donors (Lipinski definition) is 1. The van der Waals surface area contributed by atoms with Crippen LogP contribution < -0.4 is 10.1 Å². The van der Waals surface area contributed by atoms with E-state index in [0.717, 1.165) is 23.5 Å². The van der Waals surface area contributed by atoms with Gasteiger partial charge in [0.2, 0.25) is 0 Å². The lowest BCUT2D eigenvalue weighted by Crippen LogP contribution is -2.20. The van der Waals surface area contributed by atoms with E-state index < -0.39 is 30.1 Å². The third kappa shape index (κ3) is 5.27. The Hall–Kier alpha value is -2.55. The molecule has 6 nitrogen and oxygen atoms in total. The van der Waals surface area contributed by atoms with Crippen LogP contribution >= 0.6 is 11.3 Å². The topological polar surface area (TPSA) is 77.5 Å². The maximum atomic E-state index is 13.4. The van der Waals surface area contributed by atoms with Crippen LogP contribution in [0.1, 0.15) is 12.6 Å². The molecule has 1 heterocycles. The van der Waals surface area contributed by atoms with Gasteiger partial charge in [-0.15, -0.1) is 11.3 Å². The molecule has 0 bridgehead atoms. The number of nitrogens with zero attached hydrogens (tertiary/aromatic N) is 1. The molecule has 0 radical (unpaired) electrons. The number of thiazole rings is 1. The molecule has 1 aromatic heterocycles. The number of carbonyl (C=O) groups excluding carboxylic acids is 2. The maximum absolute atomic E-state index is 13.4. The molecule has 1 aromatic carbocycles. The number of nitrogens with one attached hydrogen (secondary N) is 1. The first-order chi connectivity index (χ1) is 11.5. The van der Waals surface area contributed by atoms with E-state index in [4.69, 9.17) is 9.47 Å². The molecule has 0 saturated heterocycles. The van der Waals surface area contributed by atoms with E-state index in [1.54, 1.807) is 12.3 Å². The van der Waals surface area contributed by atoms with Crippen LogP contribution in [0.15, 0.2) is 23.6 Å². The molecule has 0 aliphatic heterocycles. The summed E-state index contributed by atoms with van der Waals surface area (Å²) in [7, 11) is 0. The molecule has 0 spiro atoms. The highest BCUT2D eigenvalue weighted by Gasteiger charge is 2.12. The predicted octanol–water partition coefficient (Wildman–Crippen LogP) is 2.54. The van der Waals surface area contributed by atoms with Gasteiger partial charge in [0.25, 0.3) is 5.91 Å². The molecule has 0 atom stereocenters. The number of anilines is 1. The van der Waals surface area contributed by atoms with Gasteiger partial charge in [-0.05, 0) is 19.1 Å². The molecule has 0 unspecified atom stereocenters. The monoisotopic (exact) mass is 356 g/mol. The van der Waals surface area contributed by atoms with Crippen LogP contribution in [-0.4, -0.2) is 30.1 Å². The van der Waals surface area contributed by atoms with Crippen molar-refractivity contribution in [3.05, 3.63) is 40.9 Å². The van der Waals surface area contributed by atoms with Crippen molar-refractivity contribution in [2.24, 2.45) is 0 Å². The van der Waals surface area contributed by atoms with Crippen LogP contribution in [0.5, 0.6) is 5.75 Å². The van der Waals surface area contributed by atoms with E-state index in [9.17, 15) is 18.4 Å². The number of carbonyl (C=O) groups is 2. The Balaban J connectivity index is 1.84. The largest absolute Gasteiger partial charge is 0.481 e. The fourth-order valence-corrected chi connectivity index (χ4v) is 2.42. The second kappa shape index (κ2) is 8.34. The SMILES string of the molecule is CCOC(=O)Cc1csc(NC(=O)COc2ccc(F)cc2F)n1. The first kappa shape index (κ1) is 17.8. The molecule has 9 heteroatoms. The van der Waals surface area contributed by atoms with Gasteiger partial charge in [0.15, 0.2) is 23.3 Å². The average Bonchev–Trinajstić information content (AvgIpc) is 2.93. The molecule has 2 aromatic rings. The number of amides is 1. The van der Waals surface area contributed by atoms with Gasteiger partial charge in [-0.3, -0.25) is 14.9 Å². The smallest absolute Gasteiger partial charge is 0.311 e. The lowest BCUT2D eigenvalue weighted by atomic mass is 10.3. The molecular formula is C15H14F2N2O4S. The Morgan fingerprint density at radius 1 is 1.33 bits per heavy atom. The molecule has 0 fully saturated rings. The summed E-state index contributed by atoms with van der Waals surface area (Å²) < 4.78 is 35.9. The van der Waals surface area contributed by atoms with Crippen LogP contribution in [-0.2, 0) is 20.7 Å². The summed E-state index contributed by atoms with van der Waals surface area (Å²) >= 11 is 1.13. The van der Waals surface area contributed by atoms with Crippen molar-refractivity contribution >= 4 is 28.3 Å². The Bertz CT molecular complexity index is 736. The normalized spacial score (nSPS) is 10.3. The molecule has 0 saturated carbocycles. The number of benzene rings is 1. The zero-order valence-electron chi connectivity index (χ0n) is 12.7. The van der Waals surface area contributed by atoms with E-state index >= 15 is 0 Å². The molecule has 1 amide bonds. The van der Waals surface area contributed by atoms with E-state index in [0.29, 0.717) is 11.8 Å². The zero-order valence-corrected chi connectivity index (χ0v) is 13.5. The Labute approximate surface area is 140 Å². The Morgan fingerprint density at radius 2 is 2.12 bits per heavy atom. The van der Waals surface area contributed by atoms with Crippen molar-refractivity contribution in [1.82, 2.24) is 4.98 Å². The van der Waals surface area contributed by atoms with Gasteiger partial charge in [0, 0.05) is 11.4 Å². The third-order valence-corrected chi connectivity index (χ3v) is 3.49. The quantitative estimate of drug-likeness (QED) is 0.772. The minimum Gasteiger partial charge on any atom is -0.481 e. The van der Waals surface area contributed by atoms with Crippen molar-refractivity contribution in [1.29, 1.82) is 0 Å². The van der Waals surface area contributed by atoms with Crippen molar-refractivity contribution in [3.8, 4) is 5.75 Å². The summed E-state index contributed by atoms with van der Waals surface area (Å²) in [6, 6.07) is 2.79. The van der Waals surface area contributed by atoms with Crippen molar-refractivity contribution in [2.45, 2.75) is 13.3 Å². The van der Waals surface area contributed by atoms with Gasteiger partial charge >= 0.3 is 5.97 Å². The van der Waals surface area contributed by atoms with Crippen molar-refractivity contribution in [3.63, 3.8) is 0 Å². The number of ether oxygens (including phenoxy) is 2. The molecular weight excluding hydrogens is 342 g/mol. The maximum Gasteiger partial charge on any atom is 0.311 e. The highest BCUT2D eigenvalue weighted by Crippen LogP contribution is 2.18. The van der Waals surface area contributed by atoms with Gasteiger partial charge in [-0.2, -0.15) is 0 Å². The van der Waals surface area contributed by atoms with Gasteiger partial charge in [0.1, 0.15) is 5.82 Å². The summed E-state index contributed by atoms with van der Waals surface area (Å²) in [5, 5.41) is 4.36. The van der Waals surface area contributed by atoms with Crippen LogP contribution in [0.3, 0.4) is 0 Å². The summed E-state index contributed by atoms with van der Waals surface area (Å²) in [6.07, 6.45) is 0.0114. The van der Waals surface area contributed by atoms with Crippen LogP contribution in [0.4, 0.5) is 13.9 Å². The Kier molecular flexibility index (Phi) is 6.19. The number of aromatic nitrogens is 1. The number of halogens is 2. The standard InChI is InChI=1S/C15H14F2N2O4S/c1-2-22-14(21)6-10-8-24-15(18-10)19-13(20)7-23-12-4-3-9(16)5-11(12)17/h3-5,8H,2,6-7H2,1H3,(H,18,19,20). The average molecular weight is 356 g/mol. The van der Waals surface area contributed by atoms with Gasteiger partial charge < -0.3 is 9.47 Å². The van der Waals surface area contributed by atoms with Crippen molar-refractivity contribution < 1.29 is 27.8 Å². The van der Waals surface area contributed by atoms with Crippen LogP contribution in [0.25, 0.3) is 0 Å². The summed E-state index contributed by atoms with van der Waals surface area (Å²) in [5.41, 5.74) is 0.472. The second-order valence-electron chi connectivity index (χ2n) is 4.54. The lowest BCUT2D eigenvalue weighted by Gasteiger charge is -2.06. The summed E-state index contributed by atoms with van der Waals surface area (Å²) in [6.45, 7) is 1.52. The fourth-order valence-electron chi connectivity index (χ4n) is 1.70. The molecule has 0 aliphatic rings. The molecule has 0 aliphatic carbocycles. The second-order valence-corrected chi connectivity index (χ2v) is 5.40. The minimum absolute atomic E-state index is 0.0114. The van der Waals surface area contributed by atoms with Crippen LogP contribution in [0.2, 0.25) is 0 Å². The highest BCUT2D eigenvalue weighted by atomic mass is 32.1. The third-order valence-electron chi connectivity index (χ3n) is 2.68. The van der Waals surface area contributed by atoms with Gasteiger partial charge in [-0.25, -0.2) is 13.8 Å². The Morgan fingerprint density at radius 3 is 2.83 bits per heavy atom. The fraction of sp³-hybridized carbons (Fsp3) is 0.267. The van der Waals surface area contributed by atoms with Gasteiger partial charge in [0.05, 0.1) is 18.7 Å². The summed E-state index contributed by atoms with van der Waals surface area (Å²) in [5.74, 6) is -2.82. The summed E-state index contributed by atoms with van der Waals surface area (Å²) in [4.78, 5) is 27.1. The van der Waals surface area contributed by atoms with E-state index in [1.165, 1.54) is 0 Å². The minimum atomic E-state index is -0.895. The van der Waals surface area contributed by atoms with E-state index in [1.807, 2.05) is 0 Å². The first-order valence-corrected chi connectivity index (χ1v) is 7.83. The van der Waals surface area contributed by atoms with E-state index in [2.05, 4.69) is 10.3 Å². The highest BCUT2D eigenvalue weighted by molar-refractivity contribution is 7.13. The van der Waals surface area contributed by atoms with Gasteiger partial charge in [-0.1, -0.05) is 0 Å². The molecule has 24 heavy (non-hydrogen) atoms. The molecule has 128 valence electrons. The first-order valence-electron chi connectivity index (χ1n) is 6.95. The lowest BCUT2D eigenvalue weighted by molar-refractivity contribution is -0.142. The zero-order chi connectivity index (χ0) is 17.5. The predicted molar refractivity (Wildman–Crippen MR) is 82.9 cm³/mol. The van der Waals surface area contributed by atoms with Crippen LogP contribution in [0, 0.1) is 11.6 Å². The number of hydrogen-bond acceptors (Lipinski definition) is 6. The van der Waals surface area contributed by atoms with E-state index in [-0.39, 0.29) is 23.9 Å². The number of esters is 1. The van der Waals surface area contributed by atoms with Crippen molar-refractivity contribution in [2.75, 3.05) is 18.5 Å². The number of rotatable bonds is 7. The molecule has 1 N–H and O–H groups in total.